The van der Waals surface area contributed by atoms with Gasteiger partial charge in [-0.1, -0.05) is 11.6 Å². The van der Waals surface area contributed by atoms with Crippen molar-refractivity contribution >= 4 is 39.0 Å². The Morgan fingerprint density at radius 2 is 2.22 bits per heavy atom. The van der Waals surface area contributed by atoms with Gasteiger partial charge in [0.2, 0.25) is 0 Å². The smallest absolute Gasteiger partial charge is 0.307 e. The van der Waals surface area contributed by atoms with Gasteiger partial charge in [-0.15, -0.1) is 11.3 Å². The lowest BCUT2D eigenvalue weighted by atomic mass is 10.1. The summed E-state index contributed by atoms with van der Waals surface area (Å²) in [5.41, 5.74) is 2.64. The lowest BCUT2D eigenvalue weighted by molar-refractivity contribution is -0.136. The van der Waals surface area contributed by atoms with Crippen molar-refractivity contribution < 1.29 is 14.6 Å². The van der Waals surface area contributed by atoms with Crippen LogP contribution in [0.25, 0.3) is 10.1 Å². The summed E-state index contributed by atoms with van der Waals surface area (Å²) in [6, 6.07) is 5.59. The summed E-state index contributed by atoms with van der Waals surface area (Å²) in [6.07, 6.45) is -0.0335. The minimum absolute atomic E-state index is 0.0335. The van der Waals surface area contributed by atoms with E-state index in [-0.39, 0.29) is 6.42 Å². The van der Waals surface area contributed by atoms with E-state index in [0.717, 1.165) is 27.0 Å². The van der Waals surface area contributed by atoms with Crippen molar-refractivity contribution in [2.75, 3.05) is 0 Å². The number of fused-ring (bicyclic) bond motifs is 1. The number of carbonyl (C=O) groups is 1. The molecule has 0 saturated carbocycles. The third kappa shape index (κ3) is 3.33. The summed E-state index contributed by atoms with van der Waals surface area (Å²) in [5, 5.41) is 16.4. The molecule has 0 saturated heterocycles. The fourth-order valence-corrected chi connectivity index (χ4v) is 3.89. The molecule has 3 aromatic rings. The van der Waals surface area contributed by atoms with Gasteiger partial charge in [0.25, 0.3) is 0 Å². The minimum Gasteiger partial charge on any atom is -0.487 e. The zero-order valence-corrected chi connectivity index (χ0v) is 14.2. The van der Waals surface area contributed by atoms with Crippen LogP contribution in [0.1, 0.15) is 17.0 Å². The first-order chi connectivity index (χ1) is 10.9. The van der Waals surface area contributed by atoms with E-state index in [4.69, 9.17) is 21.4 Å². The van der Waals surface area contributed by atoms with Gasteiger partial charge in [-0.05, 0) is 36.1 Å². The van der Waals surface area contributed by atoms with E-state index in [9.17, 15) is 4.79 Å². The maximum Gasteiger partial charge on any atom is 0.307 e. The standard InChI is InChI=1S/C16H15ClN2O3S/c1-9-3-11(19(2)18-9)7-22-12-5-13(17)16-10(4-15(20)21)8-23-14(16)6-12/h3,5-6,8H,4,7H2,1-2H3,(H,20,21). The molecule has 1 aromatic carbocycles. The van der Waals surface area contributed by atoms with Gasteiger partial charge in [-0.2, -0.15) is 5.10 Å². The molecule has 1 N–H and O–H groups in total. The second-order valence-corrected chi connectivity index (χ2v) is 6.62. The van der Waals surface area contributed by atoms with E-state index in [1.807, 2.05) is 31.5 Å². The first-order valence-electron chi connectivity index (χ1n) is 6.98. The largest absolute Gasteiger partial charge is 0.487 e. The summed E-state index contributed by atoms with van der Waals surface area (Å²) in [5.74, 6) is -0.210. The first kappa shape index (κ1) is 15.8. The fourth-order valence-electron chi connectivity index (χ4n) is 2.49. The Morgan fingerprint density at radius 3 is 2.87 bits per heavy atom. The number of nitrogens with zero attached hydrogens (tertiary/aromatic N) is 2. The van der Waals surface area contributed by atoms with Crippen molar-refractivity contribution in [2.24, 2.45) is 7.05 Å². The summed E-state index contributed by atoms with van der Waals surface area (Å²) >= 11 is 7.79. The summed E-state index contributed by atoms with van der Waals surface area (Å²) in [7, 11) is 1.87. The molecule has 0 fully saturated rings. The molecule has 0 aliphatic carbocycles. The van der Waals surface area contributed by atoms with Crippen molar-refractivity contribution in [3.05, 3.63) is 45.6 Å². The fraction of sp³-hybridized carbons (Fsp3) is 0.250. The number of ether oxygens (including phenoxy) is 1. The van der Waals surface area contributed by atoms with Crippen LogP contribution in [0.2, 0.25) is 5.02 Å². The molecular weight excluding hydrogens is 336 g/mol. The van der Waals surface area contributed by atoms with Gasteiger partial charge in [0, 0.05) is 17.1 Å². The molecule has 120 valence electrons. The zero-order valence-electron chi connectivity index (χ0n) is 12.7. The highest BCUT2D eigenvalue weighted by atomic mass is 35.5. The molecule has 0 bridgehead atoms. The molecule has 0 atom stereocenters. The van der Waals surface area contributed by atoms with E-state index >= 15 is 0 Å². The Bertz CT molecular complexity index is 885. The van der Waals surface area contributed by atoms with Gasteiger partial charge in [0.05, 0.1) is 22.8 Å². The number of halogens is 1. The lowest BCUT2D eigenvalue weighted by Gasteiger charge is -2.08. The number of hydrogen-bond acceptors (Lipinski definition) is 4. The van der Waals surface area contributed by atoms with Gasteiger partial charge < -0.3 is 9.84 Å². The van der Waals surface area contributed by atoms with Gasteiger partial charge in [0.15, 0.2) is 0 Å². The molecule has 0 aliphatic heterocycles. The number of carboxylic acid groups (broad SMARTS) is 1. The maximum absolute atomic E-state index is 10.9. The van der Waals surface area contributed by atoms with Gasteiger partial charge in [0.1, 0.15) is 12.4 Å². The summed E-state index contributed by atoms with van der Waals surface area (Å²) in [4.78, 5) is 10.9. The van der Waals surface area contributed by atoms with E-state index in [2.05, 4.69) is 5.10 Å². The average molecular weight is 351 g/mol. The second-order valence-electron chi connectivity index (χ2n) is 5.30. The molecule has 2 aromatic heterocycles. The van der Waals surface area contributed by atoms with Crippen LogP contribution in [0.15, 0.2) is 23.6 Å². The predicted molar refractivity (Wildman–Crippen MR) is 90.5 cm³/mol. The van der Waals surface area contributed by atoms with Crippen molar-refractivity contribution in [1.29, 1.82) is 0 Å². The Kier molecular flexibility index (Phi) is 4.28. The Morgan fingerprint density at radius 1 is 1.43 bits per heavy atom. The Hall–Kier alpha value is -2.05. The topological polar surface area (TPSA) is 64.3 Å². The summed E-state index contributed by atoms with van der Waals surface area (Å²) in [6.45, 7) is 2.33. The number of benzene rings is 1. The van der Waals surface area contributed by atoms with Crippen molar-refractivity contribution in [3.8, 4) is 5.75 Å². The van der Waals surface area contributed by atoms with Crippen LogP contribution in [0, 0.1) is 6.92 Å². The molecule has 0 aliphatic rings. The van der Waals surface area contributed by atoms with E-state index in [0.29, 0.717) is 17.4 Å². The van der Waals surface area contributed by atoms with E-state index in [1.165, 1.54) is 11.3 Å². The minimum atomic E-state index is -0.868. The van der Waals surface area contributed by atoms with Crippen LogP contribution in [0.4, 0.5) is 0 Å². The highest BCUT2D eigenvalue weighted by molar-refractivity contribution is 7.17. The number of carboxylic acids is 1. The Labute approximate surface area is 142 Å². The predicted octanol–water partition coefficient (Wildman–Crippen LogP) is 3.80. The van der Waals surface area contributed by atoms with Crippen molar-refractivity contribution in [2.45, 2.75) is 20.0 Å². The number of aryl methyl sites for hydroxylation is 2. The molecule has 0 radical (unpaired) electrons. The van der Waals surface area contributed by atoms with Crippen LogP contribution >= 0.6 is 22.9 Å². The van der Waals surface area contributed by atoms with Crippen LogP contribution in [0.5, 0.6) is 5.75 Å². The summed E-state index contributed by atoms with van der Waals surface area (Å²) < 4.78 is 8.52. The third-order valence-electron chi connectivity index (χ3n) is 3.50. The lowest BCUT2D eigenvalue weighted by Crippen LogP contribution is -2.03. The quantitative estimate of drug-likeness (QED) is 0.760. The monoisotopic (exact) mass is 350 g/mol. The van der Waals surface area contributed by atoms with Crippen LogP contribution in [0.3, 0.4) is 0 Å². The number of aliphatic carboxylic acids is 1. The first-order valence-corrected chi connectivity index (χ1v) is 8.23. The Balaban J connectivity index is 1.85. The molecule has 5 nitrogen and oxygen atoms in total. The van der Waals surface area contributed by atoms with Crippen LogP contribution < -0.4 is 4.74 Å². The zero-order chi connectivity index (χ0) is 16.6. The highest BCUT2D eigenvalue weighted by Gasteiger charge is 2.13. The van der Waals surface area contributed by atoms with E-state index < -0.39 is 5.97 Å². The van der Waals surface area contributed by atoms with Crippen molar-refractivity contribution in [3.63, 3.8) is 0 Å². The van der Waals surface area contributed by atoms with Gasteiger partial charge in [-0.25, -0.2) is 0 Å². The number of thiophene rings is 1. The highest BCUT2D eigenvalue weighted by Crippen LogP contribution is 2.36. The van der Waals surface area contributed by atoms with Crippen LogP contribution in [-0.2, 0) is 24.9 Å². The maximum atomic E-state index is 10.9. The number of aromatic nitrogens is 2. The SMILES string of the molecule is Cc1cc(COc2cc(Cl)c3c(CC(=O)O)csc3c2)n(C)n1. The molecule has 2 heterocycles. The molecule has 3 rings (SSSR count). The molecule has 0 spiro atoms. The van der Waals surface area contributed by atoms with Crippen molar-refractivity contribution in [1.82, 2.24) is 9.78 Å². The van der Waals surface area contributed by atoms with Gasteiger partial charge in [-0.3, -0.25) is 9.48 Å². The number of hydrogen-bond donors (Lipinski definition) is 1. The van der Waals surface area contributed by atoms with Crippen LogP contribution in [-0.4, -0.2) is 20.9 Å². The molecule has 7 heteroatoms. The number of rotatable bonds is 5. The average Bonchev–Trinajstić information content (AvgIpc) is 2.99. The molecule has 0 amide bonds. The normalized spacial score (nSPS) is 11.1. The molecule has 23 heavy (non-hydrogen) atoms. The second kappa shape index (κ2) is 6.22. The molecule has 0 unspecified atom stereocenters. The van der Waals surface area contributed by atoms with Gasteiger partial charge >= 0.3 is 5.97 Å². The van der Waals surface area contributed by atoms with E-state index in [1.54, 1.807) is 10.7 Å². The third-order valence-corrected chi connectivity index (χ3v) is 4.78. The molecular formula is C16H15ClN2O3S.